The number of aliphatic hydroxyl groups is 1. The molecule has 0 amide bonds. The highest BCUT2D eigenvalue weighted by molar-refractivity contribution is 5.07. The molecule has 1 heterocycles. The molecule has 0 spiro atoms. The summed E-state index contributed by atoms with van der Waals surface area (Å²) in [5, 5.41) is 12.4. The van der Waals surface area contributed by atoms with Gasteiger partial charge in [0.15, 0.2) is 0 Å². The maximum atomic E-state index is 9.04. The lowest BCUT2D eigenvalue weighted by Crippen LogP contribution is -2.34. The van der Waals surface area contributed by atoms with Crippen LogP contribution in [-0.4, -0.2) is 22.7 Å². The van der Waals surface area contributed by atoms with E-state index in [9.17, 15) is 0 Å². The number of aromatic nitrogens is 1. The van der Waals surface area contributed by atoms with E-state index in [1.165, 1.54) is 0 Å². The summed E-state index contributed by atoms with van der Waals surface area (Å²) in [4.78, 5) is 4.26. The largest absolute Gasteiger partial charge is 0.395 e. The van der Waals surface area contributed by atoms with Crippen LogP contribution in [0.25, 0.3) is 0 Å². The minimum absolute atomic E-state index is 0.159. The fraction of sp³-hybridized carbons (Fsp3) is 0.545. The van der Waals surface area contributed by atoms with Gasteiger partial charge in [-0.25, -0.2) is 0 Å². The van der Waals surface area contributed by atoms with E-state index in [0.717, 1.165) is 12.1 Å². The van der Waals surface area contributed by atoms with Crippen molar-refractivity contribution >= 4 is 0 Å². The highest BCUT2D eigenvalue weighted by atomic mass is 16.3. The first-order valence-corrected chi connectivity index (χ1v) is 5.05. The summed E-state index contributed by atoms with van der Waals surface area (Å²) in [5.41, 5.74) is 1.01. The fourth-order valence-corrected chi connectivity index (χ4v) is 1.37. The van der Waals surface area contributed by atoms with Crippen LogP contribution >= 0.6 is 0 Å². The van der Waals surface area contributed by atoms with Crippen molar-refractivity contribution in [3.63, 3.8) is 0 Å². The molecular weight excluding hydrogens is 176 g/mol. The zero-order valence-corrected chi connectivity index (χ0v) is 8.77. The average Bonchev–Trinajstić information content (AvgIpc) is 2.26. The van der Waals surface area contributed by atoms with Gasteiger partial charge in [0.05, 0.1) is 12.3 Å². The monoisotopic (exact) mass is 194 g/mol. The van der Waals surface area contributed by atoms with Gasteiger partial charge in [-0.2, -0.15) is 0 Å². The normalized spacial score (nSPS) is 15.1. The molecule has 3 heteroatoms. The van der Waals surface area contributed by atoms with E-state index in [-0.39, 0.29) is 18.7 Å². The molecule has 0 bridgehead atoms. The van der Waals surface area contributed by atoms with E-state index in [2.05, 4.69) is 24.1 Å². The SMILES string of the molecule is CC[C@H](CO)N[C@@H](C)c1ccccn1. The molecule has 0 fully saturated rings. The van der Waals surface area contributed by atoms with E-state index in [0.29, 0.717) is 0 Å². The first-order valence-electron chi connectivity index (χ1n) is 5.05. The molecule has 0 saturated heterocycles. The van der Waals surface area contributed by atoms with Gasteiger partial charge in [-0.1, -0.05) is 13.0 Å². The smallest absolute Gasteiger partial charge is 0.0584 e. The van der Waals surface area contributed by atoms with Gasteiger partial charge in [0.25, 0.3) is 0 Å². The summed E-state index contributed by atoms with van der Waals surface area (Å²) in [6, 6.07) is 6.21. The summed E-state index contributed by atoms with van der Waals surface area (Å²) < 4.78 is 0. The Labute approximate surface area is 85.2 Å². The molecule has 1 aromatic rings. The van der Waals surface area contributed by atoms with Crippen molar-refractivity contribution in [2.75, 3.05) is 6.61 Å². The second kappa shape index (κ2) is 5.73. The standard InChI is InChI=1S/C11H18N2O/c1-3-10(8-14)13-9(2)11-6-4-5-7-12-11/h4-7,9-10,13-14H,3,8H2,1-2H3/t9-,10+/m0/s1. The quantitative estimate of drug-likeness (QED) is 0.746. The Morgan fingerprint density at radius 2 is 2.29 bits per heavy atom. The van der Waals surface area contributed by atoms with Gasteiger partial charge in [0.2, 0.25) is 0 Å². The lowest BCUT2D eigenvalue weighted by atomic mass is 10.1. The molecule has 2 atom stereocenters. The van der Waals surface area contributed by atoms with Crippen LogP contribution in [0.3, 0.4) is 0 Å². The fourth-order valence-electron chi connectivity index (χ4n) is 1.37. The molecule has 0 aliphatic rings. The zero-order chi connectivity index (χ0) is 10.4. The zero-order valence-electron chi connectivity index (χ0n) is 8.77. The first kappa shape index (κ1) is 11.1. The van der Waals surface area contributed by atoms with E-state index in [1.807, 2.05) is 18.2 Å². The number of nitrogens with one attached hydrogen (secondary N) is 1. The summed E-state index contributed by atoms with van der Waals surface area (Å²) in [7, 11) is 0. The summed E-state index contributed by atoms with van der Waals surface area (Å²) in [5.74, 6) is 0. The number of pyridine rings is 1. The minimum atomic E-state index is 0.159. The highest BCUT2D eigenvalue weighted by Crippen LogP contribution is 2.09. The average molecular weight is 194 g/mol. The molecule has 78 valence electrons. The van der Waals surface area contributed by atoms with Gasteiger partial charge in [-0.15, -0.1) is 0 Å². The van der Waals surface area contributed by atoms with Crippen LogP contribution in [0, 0.1) is 0 Å². The minimum Gasteiger partial charge on any atom is -0.395 e. The highest BCUT2D eigenvalue weighted by Gasteiger charge is 2.10. The molecule has 2 N–H and O–H groups in total. The summed E-state index contributed by atoms with van der Waals surface area (Å²) in [6.07, 6.45) is 2.71. The Morgan fingerprint density at radius 1 is 1.50 bits per heavy atom. The lowest BCUT2D eigenvalue weighted by Gasteiger charge is -2.19. The molecule has 0 aliphatic heterocycles. The van der Waals surface area contributed by atoms with Gasteiger partial charge in [0.1, 0.15) is 0 Å². The van der Waals surface area contributed by atoms with Gasteiger partial charge >= 0.3 is 0 Å². The molecule has 0 aromatic carbocycles. The van der Waals surface area contributed by atoms with Crippen molar-refractivity contribution in [1.82, 2.24) is 10.3 Å². The Kier molecular flexibility index (Phi) is 4.56. The third-order valence-electron chi connectivity index (χ3n) is 2.33. The van der Waals surface area contributed by atoms with Crippen LogP contribution in [0.15, 0.2) is 24.4 Å². The maximum Gasteiger partial charge on any atom is 0.0584 e. The first-order chi connectivity index (χ1) is 6.77. The van der Waals surface area contributed by atoms with Crippen molar-refractivity contribution in [3.8, 4) is 0 Å². The number of aliphatic hydroxyl groups excluding tert-OH is 1. The maximum absolute atomic E-state index is 9.04. The lowest BCUT2D eigenvalue weighted by molar-refractivity contribution is 0.229. The molecule has 0 aliphatic carbocycles. The van der Waals surface area contributed by atoms with Gasteiger partial charge in [-0.3, -0.25) is 4.98 Å². The van der Waals surface area contributed by atoms with E-state index >= 15 is 0 Å². The van der Waals surface area contributed by atoms with Crippen LogP contribution < -0.4 is 5.32 Å². The van der Waals surface area contributed by atoms with Crippen LogP contribution in [-0.2, 0) is 0 Å². The molecule has 1 rings (SSSR count). The van der Waals surface area contributed by atoms with Crippen molar-refractivity contribution in [3.05, 3.63) is 30.1 Å². The Bertz CT molecular complexity index is 247. The number of rotatable bonds is 5. The van der Waals surface area contributed by atoms with Gasteiger partial charge in [0, 0.05) is 18.3 Å². The molecule has 0 unspecified atom stereocenters. The summed E-state index contributed by atoms with van der Waals surface area (Å²) >= 11 is 0. The van der Waals surface area contributed by atoms with Crippen LogP contribution in [0.5, 0.6) is 0 Å². The molecule has 0 radical (unpaired) electrons. The molecule has 1 aromatic heterocycles. The third kappa shape index (κ3) is 3.09. The van der Waals surface area contributed by atoms with Gasteiger partial charge in [-0.05, 0) is 25.5 Å². The Morgan fingerprint density at radius 3 is 2.79 bits per heavy atom. The van der Waals surface area contributed by atoms with Crippen LogP contribution in [0.4, 0.5) is 0 Å². The molecule has 0 saturated carbocycles. The van der Waals surface area contributed by atoms with Crippen molar-refractivity contribution in [2.45, 2.75) is 32.4 Å². The van der Waals surface area contributed by atoms with Gasteiger partial charge < -0.3 is 10.4 Å². The topological polar surface area (TPSA) is 45.1 Å². The van der Waals surface area contributed by atoms with Crippen molar-refractivity contribution in [2.24, 2.45) is 0 Å². The van der Waals surface area contributed by atoms with E-state index < -0.39 is 0 Å². The van der Waals surface area contributed by atoms with Crippen molar-refractivity contribution < 1.29 is 5.11 Å². The predicted octanol–water partition coefficient (Wildman–Crippen LogP) is 1.50. The van der Waals surface area contributed by atoms with E-state index in [4.69, 9.17) is 5.11 Å². The number of hydrogen-bond acceptors (Lipinski definition) is 3. The number of hydrogen-bond donors (Lipinski definition) is 2. The second-order valence-electron chi connectivity index (χ2n) is 3.43. The Hall–Kier alpha value is -0.930. The van der Waals surface area contributed by atoms with Crippen LogP contribution in [0.2, 0.25) is 0 Å². The van der Waals surface area contributed by atoms with E-state index in [1.54, 1.807) is 6.20 Å². The second-order valence-corrected chi connectivity index (χ2v) is 3.43. The molecule has 3 nitrogen and oxygen atoms in total. The molecule has 14 heavy (non-hydrogen) atoms. The van der Waals surface area contributed by atoms with Crippen molar-refractivity contribution in [1.29, 1.82) is 0 Å². The third-order valence-corrected chi connectivity index (χ3v) is 2.33. The van der Waals surface area contributed by atoms with Crippen LogP contribution in [0.1, 0.15) is 32.0 Å². The Balaban J connectivity index is 2.54. The number of nitrogens with zero attached hydrogens (tertiary/aromatic N) is 1. The predicted molar refractivity (Wildman–Crippen MR) is 57.0 cm³/mol. The summed E-state index contributed by atoms with van der Waals surface area (Å²) in [6.45, 7) is 4.29. The molecular formula is C11H18N2O.